The van der Waals surface area contributed by atoms with E-state index in [0.29, 0.717) is 44.3 Å². The molecule has 0 aliphatic rings. The van der Waals surface area contributed by atoms with Crippen molar-refractivity contribution in [2.45, 2.75) is 0 Å². The van der Waals surface area contributed by atoms with Crippen LogP contribution >= 0.6 is 11.3 Å². The molecule has 5 rings (SSSR count). The van der Waals surface area contributed by atoms with E-state index in [1.165, 1.54) is 17.7 Å². The van der Waals surface area contributed by atoms with Crippen LogP contribution in [0.3, 0.4) is 0 Å². The van der Waals surface area contributed by atoms with Gasteiger partial charge in [-0.15, -0.1) is 16.4 Å². The summed E-state index contributed by atoms with van der Waals surface area (Å²) < 4.78 is 28.1. The van der Waals surface area contributed by atoms with Gasteiger partial charge in [0.05, 0.1) is 46.7 Å². The molecule has 0 aliphatic carbocycles. The van der Waals surface area contributed by atoms with Crippen LogP contribution in [0.4, 0.5) is 15.9 Å². The predicted octanol–water partition coefficient (Wildman–Crippen LogP) is 4.54. The monoisotopic (exact) mass is 436 g/mol. The lowest BCUT2D eigenvalue weighted by atomic mass is 10.0. The smallest absolute Gasteiger partial charge is 0.240 e. The van der Waals surface area contributed by atoms with Gasteiger partial charge < -0.3 is 14.8 Å². The maximum atomic E-state index is 14.9. The third kappa shape index (κ3) is 3.21. The lowest BCUT2D eigenvalue weighted by molar-refractivity contribution is 0.392. The maximum Gasteiger partial charge on any atom is 0.240 e. The number of rotatable bonds is 5. The number of halogens is 1. The summed E-state index contributed by atoms with van der Waals surface area (Å²) in [5.41, 5.74) is 4.78. The number of anilines is 2. The second-order valence-corrected chi connectivity index (χ2v) is 7.63. The first-order valence-electron chi connectivity index (χ1n) is 9.28. The van der Waals surface area contributed by atoms with Crippen LogP contribution in [0.1, 0.15) is 0 Å². The van der Waals surface area contributed by atoms with Crippen LogP contribution in [0.15, 0.2) is 42.3 Å². The van der Waals surface area contributed by atoms with E-state index in [4.69, 9.17) is 9.47 Å². The number of benzene rings is 2. The Morgan fingerprint density at radius 2 is 1.90 bits per heavy atom. The highest BCUT2D eigenvalue weighted by molar-refractivity contribution is 7.16. The number of ether oxygens (including phenoxy) is 2. The first-order chi connectivity index (χ1) is 15.1. The number of hydrogen-bond acceptors (Lipinski definition) is 8. The summed E-state index contributed by atoms with van der Waals surface area (Å²) in [6, 6.07) is 7.12. The molecule has 2 aromatic carbocycles. The molecule has 10 heteroatoms. The lowest BCUT2D eigenvalue weighted by Gasteiger charge is -2.13. The van der Waals surface area contributed by atoms with E-state index in [1.54, 1.807) is 36.5 Å². The Balaban J connectivity index is 1.64. The van der Waals surface area contributed by atoms with Gasteiger partial charge >= 0.3 is 0 Å². The number of nitrogens with one attached hydrogen (secondary N) is 1. The van der Waals surface area contributed by atoms with Crippen LogP contribution in [0.5, 0.6) is 11.6 Å². The predicted molar refractivity (Wildman–Crippen MR) is 118 cm³/mol. The van der Waals surface area contributed by atoms with Gasteiger partial charge in [-0.1, -0.05) is 0 Å². The van der Waals surface area contributed by atoms with Crippen molar-refractivity contribution >= 4 is 44.0 Å². The van der Waals surface area contributed by atoms with Crippen molar-refractivity contribution in [3.05, 3.63) is 48.1 Å². The average Bonchev–Trinajstić information content (AvgIpc) is 3.41. The topological polar surface area (TPSA) is 87.0 Å². The van der Waals surface area contributed by atoms with E-state index in [2.05, 4.69) is 25.4 Å². The van der Waals surface area contributed by atoms with Crippen molar-refractivity contribution in [2.24, 2.45) is 7.05 Å². The Morgan fingerprint density at radius 3 is 2.71 bits per heavy atom. The van der Waals surface area contributed by atoms with E-state index in [0.717, 1.165) is 11.1 Å². The fourth-order valence-corrected chi connectivity index (χ4v) is 4.21. The molecule has 0 aliphatic heterocycles. The largest absolute Gasteiger partial charge is 0.496 e. The molecule has 31 heavy (non-hydrogen) atoms. The average molecular weight is 436 g/mol. The van der Waals surface area contributed by atoms with Gasteiger partial charge in [-0.25, -0.2) is 19.3 Å². The van der Waals surface area contributed by atoms with Crippen LogP contribution in [-0.4, -0.2) is 39.0 Å². The number of aromatic nitrogens is 5. The minimum absolute atomic E-state index is 0.314. The second kappa shape index (κ2) is 7.47. The Morgan fingerprint density at radius 1 is 1.03 bits per heavy atom. The molecule has 0 spiro atoms. The Kier molecular flexibility index (Phi) is 4.63. The summed E-state index contributed by atoms with van der Waals surface area (Å²) in [4.78, 5) is 12.9. The van der Waals surface area contributed by atoms with Gasteiger partial charge in [0.1, 0.15) is 17.9 Å². The highest BCUT2D eigenvalue weighted by Crippen LogP contribution is 2.39. The molecule has 5 aromatic rings. The molecule has 156 valence electrons. The third-order valence-corrected chi connectivity index (χ3v) is 5.76. The van der Waals surface area contributed by atoms with Crippen LogP contribution in [0, 0.1) is 5.82 Å². The minimum Gasteiger partial charge on any atom is -0.496 e. The van der Waals surface area contributed by atoms with E-state index in [9.17, 15) is 4.39 Å². The zero-order chi connectivity index (χ0) is 21.5. The van der Waals surface area contributed by atoms with E-state index in [-0.39, 0.29) is 5.82 Å². The fourth-order valence-electron chi connectivity index (χ4n) is 3.49. The van der Waals surface area contributed by atoms with Gasteiger partial charge in [0.25, 0.3) is 0 Å². The molecular weight excluding hydrogens is 419 g/mol. The number of thiazole rings is 1. The van der Waals surface area contributed by atoms with Crippen molar-refractivity contribution in [2.75, 3.05) is 19.5 Å². The molecule has 0 bridgehead atoms. The zero-order valence-corrected chi connectivity index (χ0v) is 17.7. The number of fused-ring (bicyclic) bond motifs is 2. The molecule has 3 aromatic heterocycles. The normalized spacial score (nSPS) is 11.2. The van der Waals surface area contributed by atoms with Crippen LogP contribution in [0.2, 0.25) is 0 Å². The lowest BCUT2D eigenvalue weighted by Crippen LogP contribution is -1.99. The Bertz CT molecular complexity index is 1430. The fraction of sp³-hybridized carbons (Fsp3) is 0.143. The van der Waals surface area contributed by atoms with Crippen molar-refractivity contribution in [1.82, 2.24) is 24.7 Å². The Hall–Kier alpha value is -3.79. The van der Waals surface area contributed by atoms with Gasteiger partial charge in [-0.05, 0) is 24.3 Å². The number of nitrogens with zero attached hydrogens (tertiary/aromatic N) is 5. The maximum absolute atomic E-state index is 14.9. The summed E-state index contributed by atoms with van der Waals surface area (Å²) in [6.45, 7) is 0. The molecule has 0 amide bonds. The standard InChI is InChI=1S/C21H17FN6O2S/c1-28-8-13(21(27-28)30-3)11-6-16-12(7-17(11)29-2)20(24-9-23-16)26-14-4-5-15-19(18(14)22)31-10-25-15/h4-10H,1-3H3,(H,23,24,26). The summed E-state index contributed by atoms with van der Waals surface area (Å²) in [5.74, 6) is 1.17. The summed E-state index contributed by atoms with van der Waals surface area (Å²) in [7, 11) is 4.97. The number of aryl methyl sites for hydroxylation is 1. The third-order valence-electron chi connectivity index (χ3n) is 4.93. The molecule has 8 nitrogen and oxygen atoms in total. The highest BCUT2D eigenvalue weighted by Gasteiger charge is 2.18. The van der Waals surface area contributed by atoms with E-state index >= 15 is 0 Å². The first kappa shape index (κ1) is 19.2. The van der Waals surface area contributed by atoms with Gasteiger partial charge in [0.15, 0.2) is 5.82 Å². The first-order valence-corrected chi connectivity index (χ1v) is 10.2. The van der Waals surface area contributed by atoms with Gasteiger partial charge in [0.2, 0.25) is 5.88 Å². The molecule has 1 N–H and O–H groups in total. The van der Waals surface area contributed by atoms with Gasteiger partial charge in [-0.2, -0.15) is 0 Å². The zero-order valence-electron chi connectivity index (χ0n) is 16.9. The second-order valence-electron chi connectivity index (χ2n) is 6.77. The minimum atomic E-state index is -0.365. The van der Waals surface area contributed by atoms with Crippen LogP contribution in [-0.2, 0) is 7.05 Å². The quantitative estimate of drug-likeness (QED) is 0.433. The van der Waals surface area contributed by atoms with E-state index < -0.39 is 0 Å². The number of hydrogen-bond donors (Lipinski definition) is 1. The molecule has 0 saturated heterocycles. The van der Waals surface area contributed by atoms with Crippen molar-refractivity contribution in [3.63, 3.8) is 0 Å². The molecule has 0 unspecified atom stereocenters. The number of methoxy groups -OCH3 is 2. The molecule has 3 heterocycles. The van der Waals surface area contributed by atoms with Gasteiger partial charge in [-0.3, -0.25) is 4.68 Å². The van der Waals surface area contributed by atoms with Crippen molar-refractivity contribution in [1.29, 1.82) is 0 Å². The summed E-state index contributed by atoms with van der Waals surface area (Å²) in [5, 5.41) is 8.09. The van der Waals surface area contributed by atoms with Crippen molar-refractivity contribution in [3.8, 4) is 22.8 Å². The molecule has 0 saturated carbocycles. The van der Waals surface area contributed by atoms with Crippen LogP contribution in [0.25, 0.3) is 32.2 Å². The van der Waals surface area contributed by atoms with Crippen molar-refractivity contribution < 1.29 is 13.9 Å². The van der Waals surface area contributed by atoms with E-state index in [1.807, 2.05) is 25.4 Å². The molecule has 0 atom stereocenters. The summed E-state index contributed by atoms with van der Waals surface area (Å²) in [6.07, 6.45) is 3.28. The highest BCUT2D eigenvalue weighted by atomic mass is 32.1. The Labute approximate surface area is 180 Å². The summed E-state index contributed by atoms with van der Waals surface area (Å²) >= 11 is 1.25. The SMILES string of the molecule is COc1cc2c(Nc3ccc4ncsc4c3F)ncnc2cc1-c1cn(C)nc1OC. The molecular formula is C21H17FN6O2S. The molecule has 0 fully saturated rings. The van der Waals surface area contributed by atoms with Gasteiger partial charge in [0, 0.05) is 24.2 Å². The van der Waals surface area contributed by atoms with Crippen LogP contribution < -0.4 is 14.8 Å². The molecule has 0 radical (unpaired) electrons.